The standard InChI is InChI=1S/C23H23NO3/c1-27-20-14-11-19(12-15-20)23(18-8-3-2-4-9-18)24-22(26)16-13-17-7-5-6-10-21(17)25/h2-12,14-15,23,25H,13,16H2,1H3,(H,24,26). The molecule has 0 radical (unpaired) electrons. The number of hydrogen-bond acceptors (Lipinski definition) is 3. The van der Waals surface area contributed by atoms with Gasteiger partial charge in [-0.05, 0) is 41.3 Å². The molecule has 0 aliphatic rings. The fourth-order valence-electron chi connectivity index (χ4n) is 3.00. The molecular formula is C23H23NO3. The highest BCUT2D eigenvalue weighted by Crippen LogP contribution is 2.24. The van der Waals surface area contributed by atoms with E-state index in [1.807, 2.05) is 66.7 Å². The molecule has 4 nitrogen and oxygen atoms in total. The predicted octanol–water partition coefficient (Wildman–Crippen LogP) is 4.24. The third-order valence-corrected chi connectivity index (χ3v) is 4.50. The first kappa shape index (κ1) is 18.5. The van der Waals surface area contributed by atoms with Crippen molar-refractivity contribution in [2.45, 2.75) is 18.9 Å². The molecule has 3 rings (SSSR count). The summed E-state index contributed by atoms with van der Waals surface area (Å²) in [5, 5.41) is 13.0. The van der Waals surface area contributed by atoms with Crippen LogP contribution in [0.25, 0.3) is 0 Å². The van der Waals surface area contributed by atoms with Crippen molar-refractivity contribution in [1.82, 2.24) is 5.32 Å². The first-order valence-corrected chi connectivity index (χ1v) is 8.92. The second-order valence-electron chi connectivity index (χ2n) is 6.31. The Morgan fingerprint density at radius 1 is 0.926 bits per heavy atom. The third-order valence-electron chi connectivity index (χ3n) is 4.50. The average molecular weight is 361 g/mol. The van der Waals surface area contributed by atoms with E-state index < -0.39 is 0 Å². The van der Waals surface area contributed by atoms with Gasteiger partial charge in [-0.2, -0.15) is 0 Å². The van der Waals surface area contributed by atoms with Gasteiger partial charge in [0.25, 0.3) is 0 Å². The number of hydrogen-bond donors (Lipinski definition) is 2. The lowest BCUT2D eigenvalue weighted by Crippen LogP contribution is -2.29. The Labute approximate surface area is 159 Å². The highest BCUT2D eigenvalue weighted by molar-refractivity contribution is 5.77. The minimum absolute atomic E-state index is 0.0667. The van der Waals surface area contributed by atoms with Gasteiger partial charge in [-0.3, -0.25) is 4.79 Å². The Hall–Kier alpha value is -3.27. The Balaban J connectivity index is 1.74. The van der Waals surface area contributed by atoms with Crippen molar-refractivity contribution in [3.05, 3.63) is 95.6 Å². The quantitative estimate of drug-likeness (QED) is 0.662. The van der Waals surface area contributed by atoms with E-state index in [1.165, 1.54) is 0 Å². The maximum absolute atomic E-state index is 12.6. The number of nitrogens with one attached hydrogen (secondary N) is 1. The van der Waals surface area contributed by atoms with E-state index in [0.29, 0.717) is 12.8 Å². The summed E-state index contributed by atoms with van der Waals surface area (Å²) < 4.78 is 5.22. The lowest BCUT2D eigenvalue weighted by molar-refractivity contribution is -0.121. The van der Waals surface area contributed by atoms with Crippen LogP contribution in [0.2, 0.25) is 0 Å². The molecule has 2 N–H and O–H groups in total. The van der Waals surface area contributed by atoms with Crippen LogP contribution < -0.4 is 10.1 Å². The van der Waals surface area contributed by atoms with Crippen LogP contribution >= 0.6 is 0 Å². The highest BCUT2D eigenvalue weighted by Gasteiger charge is 2.17. The maximum Gasteiger partial charge on any atom is 0.221 e. The van der Waals surface area contributed by atoms with Crippen LogP contribution in [-0.4, -0.2) is 18.1 Å². The summed E-state index contributed by atoms with van der Waals surface area (Å²) in [5.74, 6) is 0.930. The number of rotatable bonds is 7. The smallest absolute Gasteiger partial charge is 0.221 e. The van der Waals surface area contributed by atoms with Gasteiger partial charge in [0.2, 0.25) is 5.91 Å². The number of carbonyl (C=O) groups is 1. The maximum atomic E-state index is 12.6. The molecular weight excluding hydrogens is 338 g/mol. The Morgan fingerprint density at radius 3 is 2.22 bits per heavy atom. The van der Waals surface area contributed by atoms with E-state index in [9.17, 15) is 9.90 Å². The van der Waals surface area contributed by atoms with Crippen molar-refractivity contribution in [2.24, 2.45) is 0 Å². The van der Waals surface area contributed by atoms with Gasteiger partial charge in [-0.1, -0.05) is 60.7 Å². The number of benzene rings is 3. The summed E-state index contributed by atoms with van der Waals surface area (Å²) in [6, 6.07) is 24.4. The molecule has 0 spiro atoms. The Bertz CT molecular complexity index is 876. The van der Waals surface area contributed by atoms with Gasteiger partial charge in [-0.25, -0.2) is 0 Å². The average Bonchev–Trinajstić information content (AvgIpc) is 2.72. The van der Waals surface area contributed by atoms with Crippen LogP contribution in [-0.2, 0) is 11.2 Å². The van der Waals surface area contributed by atoms with Crippen LogP contribution in [0.4, 0.5) is 0 Å². The van der Waals surface area contributed by atoms with Crippen molar-refractivity contribution < 1.29 is 14.6 Å². The number of carbonyl (C=O) groups excluding carboxylic acids is 1. The number of ether oxygens (including phenoxy) is 1. The molecule has 3 aromatic rings. The lowest BCUT2D eigenvalue weighted by Gasteiger charge is -2.20. The number of phenolic OH excluding ortho intramolecular Hbond substituents is 1. The van der Waals surface area contributed by atoms with E-state index in [0.717, 1.165) is 22.4 Å². The van der Waals surface area contributed by atoms with Gasteiger partial charge in [0.05, 0.1) is 13.2 Å². The molecule has 1 amide bonds. The minimum atomic E-state index is -0.242. The fourth-order valence-corrected chi connectivity index (χ4v) is 3.00. The van der Waals surface area contributed by atoms with Crippen LogP contribution in [0.15, 0.2) is 78.9 Å². The molecule has 1 unspecified atom stereocenters. The van der Waals surface area contributed by atoms with Crippen LogP contribution in [0.3, 0.4) is 0 Å². The summed E-state index contributed by atoms with van der Waals surface area (Å²) in [7, 11) is 1.63. The van der Waals surface area contributed by atoms with Gasteiger partial charge < -0.3 is 15.2 Å². The normalized spacial score (nSPS) is 11.6. The lowest BCUT2D eigenvalue weighted by atomic mass is 9.98. The van der Waals surface area contributed by atoms with Gasteiger partial charge in [0.1, 0.15) is 11.5 Å². The van der Waals surface area contributed by atoms with Gasteiger partial charge in [0, 0.05) is 6.42 Å². The zero-order valence-electron chi connectivity index (χ0n) is 15.3. The minimum Gasteiger partial charge on any atom is -0.508 e. The summed E-state index contributed by atoms with van der Waals surface area (Å²) in [4.78, 5) is 12.6. The van der Waals surface area contributed by atoms with Crippen molar-refractivity contribution >= 4 is 5.91 Å². The first-order chi connectivity index (χ1) is 13.2. The molecule has 27 heavy (non-hydrogen) atoms. The molecule has 4 heteroatoms. The molecule has 0 bridgehead atoms. The summed E-state index contributed by atoms with van der Waals surface area (Å²) in [5.41, 5.74) is 2.77. The molecule has 0 saturated carbocycles. The van der Waals surface area contributed by atoms with Crippen LogP contribution in [0, 0.1) is 0 Å². The summed E-state index contributed by atoms with van der Waals surface area (Å²) in [6.07, 6.45) is 0.791. The zero-order chi connectivity index (χ0) is 19.1. The molecule has 0 aliphatic carbocycles. The molecule has 0 aliphatic heterocycles. The molecule has 3 aromatic carbocycles. The number of aryl methyl sites for hydroxylation is 1. The Kier molecular flexibility index (Phi) is 6.10. The number of aromatic hydroxyl groups is 1. The van der Waals surface area contributed by atoms with Crippen molar-refractivity contribution in [1.29, 1.82) is 0 Å². The highest BCUT2D eigenvalue weighted by atomic mass is 16.5. The number of methoxy groups -OCH3 is 1. The number of para-hydroxylation sites is 1. The molecule has 0 heterocycles. The van der Waals surface area contributed by atoms with E-state index in [-0.39, 0.29) is 17.7 Å². The Morgan fingerprint density at radius 2 is 1.56 bits per heavy atom. The van der Waals surface area contributed by atoms with E-state index in [1.54, 1.807) is 19.2 Å². The van der Waals surface area contributed by atoms with Crippen molar-refractivity contribution in [2.75, 3.05) is 7.11 Å². The van der Waals surface area contributed by atoms with Gasteiger partial charge in [0.15, 0.2) is 0 Å². The van der Waals surface area contributed by atoms with Crippen molar-refractivity contribution in [3.8, 4) is 11.5 Å². The van der Waals surface area contributed by atoms with Crippen LogP contribution in [0.1, 0.15) is 29.2 Å². The summed E-state index contributed by atoms with van der Waals surface area (Å²) in [6.45, 7) is 0. The SMILES string of the molecule is COc1ccc(C(NC(=O)CCc2ccccc2O)c2ccccc2)cc1. The number of amides is 1. The molecule has 0 fully saturated rings. The van der Waals surface area contributed by atoms with Crippen LogP contribution in [0.5, 0.6) is 11.5 Å². The van der Waals surface area contributed by atoms with E-state index in [2.05, 4.69) is 5.32 Å². The predicted molar refractivity (Wildman–Crippen MR) is 106 cm³/mol. The molecule has 1 atom stereocenters. The first-order valence-electron chi connectivity index (χ1n) is 8.92. The second-order valence-corrected chi connectivity index (χ2v) is 6.31. The topological polar surface area (TPSA) is 58.6 Å². The van der Waals surface area contributed by atoms with Gasteiger partial charge >= 0.3 is 0 Å². The molecule has 0 saturated heterocycles. The van der Waals surface area contributed by atoms with Crippen molar-refractivity contribution in [3.63, 3.8) is 0 Å². The zero-order valence-corrected chi connectivity index (χ0v) is 15.3. The number of phenols is 1. The molecule has 0 aromatic heterocycles. The third kappa shape index (κ3) is 4.88. The van der Waals surface area contributed by atoms with E-state index in [4.69, 9.17) is 4.74 Å². The fraction of sp³-hybridized carbons (Fsp3) is 0.174. The monoisotopic (exact) mass is 361 g/mol. The van der Waals surface area contributed by atoms with Gasteiger partial charge in [-0.15, -0.1) is 0 Å². The largest absolute Gasteiger partial charge is 0.508 e. The van der Waals surface area contributed by atoms with E-state index >= 15 is 0 Å². The second kappa shape index (κ2) is 8.90. The summed E-state index contributed by atoms with van der Waals surface area (Å²) >= 11 is 0. The molecule has 138 valence electrons.